The van der Waals surface area contributed by atoms with Gasteiger partial charge in [0.25, 0.3) is 5.69 Å². The molecule has 3 aromatic rings. The maximum absolute atomic E-state index is 12.7. The largest absolute Gasteiger partial charge is 0.336 e. The van der Waals surface area contributed by atoms with Crippen molar-refractivity contribution < 1.29 is 13.3 Å². The number of aryl methyl sites for hydroxylation is 2. The Bertz CT molecular complexity index is 1030. The Balaban J connectivity index is 1.91. The number of imidazole rings is 2. The lowest BCUT2D eigenvalue weighted by Crippen LogP contribution is -2.33. The van der Waals surface area contributed by atoms with Crippen molar-refractivity contribution in [1.29, 1.82) is 0 Å². The minimum atomic E-state index is -3.84. The first-order valence-electron chi connectivity index (χ1n) is 7.94. The summed E-state index contributed by atoms with van der Waals surface area (Å²) in [5, 5.41) is 10.9. The molecule has 0 aliphatic heterocycles. The molecular weight excluding hydrogens is 372 g/mol. The van der Waals surface area contributed by atoms with E-state index in [1.807, 2.05) is 0 Å². The lowest BCUT2D eigenvalue weighted by Gasteiger charge is -2.18. The molecule has 0 saturated heterocycles. The first kappa shape index (κ1) is 18.7. The van der Waals surface area contributed by atoms with Gasteiger partial charge in [-0.2, -0.15) is 4.72 Å². The maximum Gasteiger partial charge on any atom is 0.269 e. The number of nitro benzene ring substituents is 1. The van der Waals surface area contributed by atoms with Gasteiger partial charge in [0.2, 0.25) is 10.0 Å². The molecule has 0 spiro atoms. The molecule has 0 fully saturated rings. The van der Waals surface area contributed by atoms with Gasteiger partial charge in [-0.1, -0.05) is 12.1 Å². The lowest BCUT2D eigenvalue weighted by molar-refractivity contribution is -0.384. The predicted octanol–water partition coefficient (Wildman–Crippen LogP) is 1.27. The van der Waals surface area contributed by atoms with Gasteiger partial charge in [-0.25, -0.2) is 18.4 Å². The molecule has 11 heteroatoms. The fourth-order valence-corrected chi connectivity index (χ4v) is 4.00. The van der Waals surface area contributed by atoms with E-state index in [4.69, 9.17) is 0 Å². The van der Waals surface area contributed by atoms with E-state index in [1.54, 1.807) is 48.0 Å². The van der Waals surface area contributed by atoms with E-state index in [1.165, 1.54) is 24.3 Å². The Labute approximate surface area is 155 Å². The van der Waals surface area contributed by atoms with Crippen LogP contribution < -0.4 is 4.72 Å². The molecule has 1 N–H and O–H groups in total. The second-order valence-electron chi connectivity index (χ2n) is 6.03. The molecule has 0 bridgehead atoms. The van der Waals surface area contributed by atoms with Gasteiger partial charge in [-0.3, -0.25) is 10.1 Å². The highest BCUT2D eigenvalue weighted by Crippen LogP contribution is 2.21. The Morgan fingerprint density at radius 3 is 2.22 bits per heavy atom. The topological polar surface area (TPSA) is 125 Å². The molecule has 0 unspecified atom stereocenters. The highest BCUT2D eigenvalue weighted by atomic mass is 32.2. The van der Waals surface area contributed by atoms with E-state index in [0.717, 1.165) is 0 Å². The summed E-state index contributed by atoms with van der Waals surface area (Å²) in [5.74, 6) is 0.555. The van der Waals surface area contributed by atoms with Gasteiger partial charge in [0.15, 0.2) is 0 Å². The standard InChI is InChI=1S/C16H18N6O4S/c1-20-8-6-17-15(20)14(16-18-7-9-21(16)2)19-27(25,26)11-12-4-3-5-13(10-12)22(23)24/h3-10,14,19H,11H2,1-2H3. The number of aromatic nitrogens is 4. The summed E-state index contributed by atoms with van der Waals surface area (Å²) in [6, 6.07) is 4.75. The van der Waals surface area contributed by atoms with E-state index in [9.17, 15) is 18.5 Å². The summed E-state index contributed by atoms with van der Waals surface area (Å²) in [7, 11) is -0.327. The van der Waals surface area contributed by atoms with E-state index >= 15 is 0 Å². The van der Waals surface area contributed by atoms with E-state index in [2.05, 4.69) is 14.7 Å². The molecule has 0 aliphatic carbocycles. The molecule has 0 radical (unpaired) electrons. The SMILES string of the molecule is Cn1ccnc1C(NS(=O)(=O)Cc1cccc([N+](=O)[O-])c1)c1nccn1C. The third kappa shape index (κ3) is 4.20. The van der Waals surface area contributed by atoms with Crippen molar-refractivity contribution in [3.05, 3.63) is 76.4 Å². The summed E-state index contributed by atoms with van der Waals surface area (Å²) in [6.45, 7) is 0. The zero-order valence-electron chi connectivity index (χ0n) is 14.7. The number of nitrogens with zero attached hydrogens (tertiary/aromatic N) is 5. The molecule has 2 aromatic heterocycles. The van der Waals surface area contributed by atoms with Crippen LogP contribution in [0.1, 0.15) is 23.3 Å². The van der Waals surface area contributed by atoms with Crippen LogP contribution in [-0.2, 0) is 29.9 Å². The highest BCUT2D eigenvalue weighted by Gasteiger charge is 2.27. The smallest absolute Gasteiger partial charge is 0.269 e. The molecule has 27 heavy (non-hydrogen) atoms. The van der Waals surface area contributed by atoms with E-state index in [0.29, 0.717) is 17.2 Å². The van der Waals surface area contributed by atoms with E-state index < -0.39 is 26.7 Å². The van der Waals surface area contributed by atoms with Crippen LogP contribution in [0.25, 0.3) is 0 Å². The van der Waals surface area contributed by atoms with Crippen molar-refractivity contribution in [1.82, 2.24) is 23.8 Å². The minimum absolute atomic E-state index is 0.160. The lowest BCUT2D eigenvalue weighted by atomic mass is 10.2. The molecule has 3 rings (SSSR count). The molecule has 1 aromatic carbocycles. The van der Waals surface area contributed by atoms with Crippen molar-refractivity contribution in [2.24, 2.45) is 14.1 Å². The summed E-state index contributed by atoms with van der Waals surface area (Å²) in [5.41, 5.74) is 0.155. The molecule has 0 saturated carbocycles. The molecule has 0 atom stereocenters. The van der Waals surface area contributed by atoms with Gasteiger partial charge in [0.1, 0.15) is 17.7 Å². The van der Waals surface area contributed by atoms with Crippen LogP contribution in [0.2, 0.25) is 0 Å². The Kier molecular flexibility index (Phi) is 5.06. The third-order valence-corrected chi connectivity index (χ3v) is 5.32. The highest BCUT2D eigenvalue weighted by molar-refractivity contribution is 7.88. The summed E-state index contributed by atoms with van der Waals surface area (Å²) >= 11 is 0. The zero-order valence-corrected chi connectivity index (χ0v) is 15.5. The van der Waals surface area contributed by atoms with Gasteiger partial charge < -0.3 is 9.13 Å². The molecular formula is C16H18N6O4S. The summed E-state index contributed by atoms with van der Waals surface area (Å²) in [6.07, 6.45) is 6.56. The molecule has 142 valence electrons. The van der Waals surface area contributed by atoms with Crippen molar-refractivity contribution in [3.8, 4) is 0 Å². The minimum Gasteiger partial charge on any atom is -0.336 e. The van der Waals surface area contributed by atoms with Crippen LogP contribution in [0.4, 0.5) is 5.69 Å². The summed E-state index contributed by atoms with van der Waals surface area (Å²) < 4.78 is 31.5. The quantitative estimate of drug-likeness (QED) is 0.478. The fourth-order valence-electron chi connectivity index (χ4n) is 2.73. The van der Waals surface area contributed by atoms with Crippen molar-refractivity contribution in [3.63, 3.8) is 0 Å². The van der Waals surface area contributed by atoms with Crippen molar-refractivity contribution in [2.45, 2.75) is 11.8 Å². The zero-order chi connectivity index (χ0) is 19.6. The van der Waals surface area contributed by atoms with Crippen molar-refractivity contribution in [2.75, 3.05) is 0 Å². The number of hydrogen-bond donors (Lipinski definition) is 1. The molecule has 0 amide bonds. The average Bonchev–Trinajstić information content (AvgIpc) is 3.21. The van der Waals surface area contributed by atoms with Crippen LogP contribution in [0.15, 0.2) is 49.1 Å². The van der Waals surface area contributed by atoms with Crippen LogP contribution >= 0.6 is 0 Å². The van der Waals surface area contributed by atoms with Gasteiger partial charge in [0.05, 0.1) is 10.7 Å². The van der Waals surface area contributed by atoms with Crippen LogP contribution in [0.3, 0.4) is 0 Å². The number of sulfonamides is 1. The predicted molar refractivity (Wildman–Crippen MR) is 97.1 cm³/mol. The number of nitrogens with one attached hydrogen (secondary N) is 1. The molecule has 2 heterocycles. The van der Waals surface area contributed by atoms with Gasteiger partial charge in [-0.05, 0) is 5.56 Å². The Morgan fingerprint density at radius 2 is 1.74 bits per heavy atom. The first-order chi connectivity index (χ1) is 12.8. The molecule has 0 aliphatic rings. The van der Waals surface area contributed by atoms with Crippen LogP contribution in [0.5, 0.6) is 0 Å². The maximum atomic E-state index is 12.7. The van der Waals surface area contributed by atoms with E-state index in [-0.39, 0.29) is 5.69 Å². The number of hydrogen-bond acceptors (Lipinski definition) is 6. The number of rotatable bonds is 7. The number of nitro groups is 1. The average molecular weight is 390 g/mol. The number of non-ortho nitro benzene ring substituents is 1. The number of benzene rings is 1. The van der Waals surface area contributed by atoms with Crippen molar-refractivity contribution >= 4 is 15.7 Å². The Hall–Kier alpha value is -3.05. The van der Waals surface area contributed by atoms with Crippen LogP contribution in [-0.4, -0.2) is 32.4 Å². The molecule has 10 nitrogen and oxygen atoms in total. The third-order valence-electron chi connectivity index (χ3n) is 4.01. The monoisotopic (exact) mass is 390 g/mol. The summed E-state index contributed by atoms with van der Waals surface area (Å²) in [4.78, 5) is 18.8. The van der Waals surface area contributed by atoms with Gasteiger partial charge in [-0.15, -0.1) is 0 Å². The second-order valence-corrected chi connectivity index (χ2v) is 7.78. The van der Waals surface area contributed by atoms with Gasteiger partial charge >= 0.3 is 0 Å². The first-order valence-corrected chi connectivity index (χ1v) is 9.60. The normalized spacial score (nSPS) is 11.8. The van der Waals surface area contributed by atoms with Gasteiger partial charge in [0, 0.05) is 51.0 Å². The fraction of sp³-hybridized carbons (Fsp3) is 0.250. The Morgan fingerprint density at radius 1 is 1.15 bits per heavy atom. The second kappa shape index (κ2) is 7.29. The van der Waals surface area contributed by atoms with Crippen LogP contribution in [0, 0.1) is 10.1 Å².